The largest absolute Gasteiger partial charge is 0.381 e. The van der Waals surface area contributed by atoms with Gasteiger partial charge in [-0.05, 0) is 42.9 Å². The molecule has 2 rings (SSSR count). The fraction of sp³-hybridized carbons (Fsp3) is 0.944. The van der Waals surface area contributed by atoms with Crippen molar-refractivity contribution in [1.29, 1.82) is 0 Å². The molecule has 2 saturated heterocycles. The van der Waals surface area contributed by atoms with E-state index in [1.54, 1.807) is 0 Å². The first-order valence-corrected chi connectivity index (χ1v) is 8.75. The van der Waals surface area contributed by atoms with Crippen LogP contribution in [0.3, 0.4) is 0 Å². The van der Waals surface area contributed by atoms with Crippen molar-refractivity contribution in [2.45, 2.75) is 66.3 Å². The van der Waals surface area contributed by atoms with Gasteiger partial charge in [-0.2, -0.15) is 0 Å². The summed E-state index contributed by atoms with van der Waals surface area (Å²) in [6.07, 6.45) is 4.37. The van der Waals surface area contributed by atoms with Crippen LogP contribution in [0, 0.1) is 23.2 Å². The maximum absolute atomic E-state index is 13.3. The van der Waals surface area contributed by atoms with Crippen molar-refractivity contribution in [2.24, 2.45) is 23.2 Å². The van der Waals surface area contributed by atoms with Crippen molar-refractivity contribution in [2.75, 3.05) is 19.8 Å². The minimum atomic E-state index is 0.105. The van der Waals surface area contributed by atoms with Crippen LogP contribution in [0.5, 0.6) is 0 Å². The molecule has 0 aromatic heterocycles. The summed E-state index contributed by atoms with van der Waals surface area (Å²) >= 11 is 0. The van der Waals surface area contributed by atoms with E-state index in [-0.39, 0.29) is 11.3 Å². The third kappa shape index (κ3) is 3.44. The van der Waals surface area contributed by atoms with Gasteiger partial charge in [0.2, 0.25) is 5.91 Å². The summed E-state index contributed by atoms with van der Waals surface area (Å²) < 4.78 is 5.53. The van der Waals surface area contributed by atoms with Gasteiger partial charge in [0.25, 0.3) is 0 Å². The maximum Gasteiger partial charge on any atom is 0.226 e. The van der Waals surface area contributed by atoms with E-state index in [0.29, 0.717) is 23.8 Å². The number of likely N-dealkylation sites (tertiary alicyclic amines) is 1. The fourth-order valence-corrected chi connectivity index (χ4v) is 4.47. The normalized spacial score (nSPS) is 27.4. The predicted octanol–water partition coefficient (Wildman–Crippen LogP) is 3.72. The van der Waals surface area contributed by atoms with Crippen molar-refractivity contribution in [3.05, 3.63) is 0 Å². The Morgan fingerprint density at radius 1 is 1.19 bits per heavy atom. The average Bonchev–Trinajstić information content (AvgIpc) is 2.88. The van der Waals surface area contributed by atoms with Gasteiger partial charge in [0.05, 0.1) is 0 Å². The number of carbonyl (C=O) groups excluding carboxylic acids is 1. The molecule has 1 unspecified atom stereocenters. The molecule has 1 amide bonds. The summed E-state index contributed by atoms with van der Waals surface area (Å²) in [6, 6.07) is 0.446. The number of rotatable bonds is 4. The van der Waals surface area contributed by atoms with Crippen molar-refractivity contribution in [3.8, 4) is 0 Å². The van der Waals surface area contributed by atoms with E-state index >= 15 is 0 Å². The second-order valence-corrected chi connectivity index (χ2v) is 7.97. The molecule has 0 aliphatic carbocycles. The van der Waals surface area contributed by atoms with Crippen LogP contribution in [0.4, 0.5) is 0 Å². The second-order valence-electron chi connectivity index (χ2n) is 7.97. The van der Waals surface area contributed by atoms with Crippen LogP contribution in [0.1, 0.15) is 60.3 Å². The highest BCUT2D eigenvalue weighted by Crippen LogP contribution is 2.43. The molecule has 0 aromatic carbocycles. The summed E-state index contributed by atoms with van der Waals surface area (Å²) in [4.78, 5) is 15.5. The Balaban J connectivity index is 2.19. The SMILES string of the molecule is CC(C)C(C(=O)N1CCC[C@H]1C(C)C)C1(C)CCOCC1. The highest BCUT2D eigenvalue weighted by Gasteiger charge is 2.45. The van der Waals surface area contributed by atoms with E-state index in [1.807, 2.05) is 0 Å². The number of carbonyl (C=O) groups is 1. The molecule has 0 bridgehead atoms. The van der Waals surface area contributed by atoms with Crippen LogP contribution in [0.15, 0.2) is 0 Å². The molecule has 2 fully saturated rings. The zero-order valence-electron chi connectivity index (χ0n) is 14.5. The van der Waals surface area contributed by atoms with E-state index in [0.717, 1.165) is 32.6 Å². The molecule has 3 nitrogen and oxygen atoms in total. The van der Waals surface area contributed by atoms with Crippen molar-refractivity contribution < 1.29 is 9.53 Å². The minimum Gasteiger partial charge on any atom is -0.381 e. The van der Waals surface area contributed by atoms with Crippen LogP contribution in [-0.4, -0.2) is 36.6 Å². The van der Waals surface area contributed by atoms with Gasteiger partial charge >= 0.3 is 0 Å². The van der Waals surface area contributed by atoms with E-state index < -0.39 is 0 Å². The topological polar surface area (TPSA) is 29.5 Å². The molecular formula is C18H33NO2. The minimum absolute atomic E-state index is 0.105. The van der Waals surface area contributed by atoms with E-state index in [4.69, 9.17) is 4.74 Å². The Morgan fingerprint density at radius 3 is 2.33 bits per heavy atom. The van der Waals surface area contributed by atoms with E-state index in [1.165, 1.54) is 12.8 Å². The lowest BCUT2D eigenvalue weighted by molar-refractivity contribution is -0.147. The first-order valence-electron chi connectivity index (χ1n) is 8.75. The fourth-order valence-electron chi connectivity index (χ4n) is 4.47. The van der Waals surface area contributed by atoms with Gasteiger partial charge < -0.3 is 9.64 Å². The number of hydrogen-bond donors (Lipinski definition) is 0. The standard InChI is InChI=1S/C18H33NO2/c1-13(2)15-7-6-10-19(15)17(20)16(14(3)4)18(5)8-11-21-12-9-18/h13-16H,6-12H2,1-5H3/t15-,16?/m0/s1. The van der Waals surface area contributed by atoms with Gasteiger partial charge in [0.1, 0.15) is 0 Å². The summed E-state index contributed by atoms with van der Waals surface area (Å²) in [5.41, 5.74) is 0.105. The van der Waals surface area contributed by atoms with E-state index in [9.17, 15) is 4.79 Å². The van der Waals surface area contributed by atoms with Crippen LogP contribution >= 0.6 is 0 Å². The van der Waals surface area contributed by atoms with Crippen molar-refractivity contribution >= 4 is 5.91 Å². The summed E-state index contributed by atoms with van der Waals surface area (Å²) in [5, 5.41) is 0. The monoisotopic (exact) mass is 295 g/mol. The molecule has 2 aliphatic heterocycles. The van der Waals surface area contributed by atoms with Crippen LogP contribution in [0.2, 0.25) is 0 Å². The number of amides is 1. The van der Waals surface area contributed by atoms with Gasteiger partial charge in [-0.15, -0.1) is 0 Å². The van der Waals surface area contributed by atoms with Crippen molar-refractivity contribution in [1.82, 2.24) is 4.90 Å². The Bertz CT molecular complexity index is 358. The van der Waals surface area contributed by atoms with Gasteiger partial charge in [-0.1, -0.05) is 34.6 Å². The quantitative estimate of drug-likeness (QED) is 0.791. The third-order valence-electron chi connectivity index (χ3n) is 5.67. The van der Waals surface area contributed by atoms with Gasteiger partial charge in [0, 0.05) is 31.7 Å². The Labute approximate surface area is 130 Å². The van der Waals surface area contributed by atoms with Crippen molar-refractivity contribution in [3.63, 3.8) is 0 Å². The van der Waals surface area contributed by atoms with Gasteiger partial charge in [-0.25, -0.2) is 0 Å². The van der Waals surface area contributed by atoms with Gasteiger partial charge in [-0.3, -0.25) is 4.79 Å². The number of ether oxygens (including phenoxy) is 1. The summed E-state index contributed by atoms with van der Waals surface area (Å²) in [6.45, 7) is 13.8. The molecule has 0 aromatic rings. The molecule has 3 heteroatoms. The zero-order chi connectivity index (χ0) is 15.6. The molecule has 0 saturated carbocycles. The first-order chi connectivity index (χ1) is 9.87. The Hall–Kier alpha value is -0.570. The number of hydrogen-bond acceptors (Lipinski definition) is 2. The lowest BCUT2D eigenvalue weighted by Gasteiger charge is -2.44. The van der Waals surface area contributed by atoms with E-state index in [2.05, 4.69) is 39.5 Å². The highest BCUT2D eigenvalue weighted by atomic mass is 16.5. The van der Waals surface area contributed by atoms with Crippen LogP contribution in [0.25, 0.3) is 0 Å². The summed E-state index contributed by atoms with van der Waals surface area (Å²) in [7, 11) is 0. The van der Waals surface area contributed by atoms with Crippen LogP contribution < -0.4 is 0 Å². The average molecular weight is 295 g/mol. The van der Waals surface area contributed by atoms with Crippen LogP contribution in [-0.2, 0) is 9.53 Å². The Kier molecular flexibility index (Phi) is 5.34. The molecule has 0 radical (unpaired) electrons. The molecule has 2 aliphatic rings. The molecule has 0 N–H and O–H groups in total. The smallest absolute Gasteiger partial charge is 0.226 e. The second kappa shape index (κ2) is 6.68. The third-order valence-corrected chi connectivity index (χ3v) is 5.67. The zero-order valence-corrected chi connectivity index (χ0v) is 14.5. The molecule has 2 heterocycles. The first kappa shape index (κ1) is 16.8. The van der Waals surface area contributed by atoms with Gasteiger partial charge in [0.15, 0.2) is 0 Å². The lowest BCUT2D eigenvalue weighted by atomic mass is 9.66. The maximum atomic E-state index is 13.3. The molecular weight excluding hydrogens is 262 g/mol. The number of nitrogens with zero attached hydrogens (tertiary/aromatic N) is 1. The summed E-state index contributed by atoms with van der Waals surface area (Å²) in [5.74, 6) is 1.51. The highest BCUT2D eigenvalue weighted by molar-refractivity contribution is 5.80. The Morgan fingerprint density at radius 2 is 1.81 bits per heavy atom. The molecule has 122 valence electrons. The predicted molar refractivity (Wildman–Crippen MR) is 86.1 cm³/mol. The molecule has 0 spiro atoms. The molecule has 21 heavy (non-hydrogen) atoms. The molecule has 2 atom stereocenters. The lowest BCUT2D eigenvalue weighted by Crippen LogP contribution is -2.50.